The lowest BCUT2D eigenvalue weighted by molar-refractivity contribution is -0.124. The van der Waals surface area contributed by atoms with Crippen LogP contribution in [0.25, 0.3) is 10.9 Å². The highest BCUT2D eigenvalue weighted by molar-refractivity contribution is 7.89. The van der Waals surface area contributed by atoms with Crippen LogP contribution in [0.4, 0.5) is 16.3 Å². The van der Waals surface area contributed by atoms with Gasteiger partial charge in [-0.05, 0) is 63.3 Å². The number of unbranched alkanes of at least 4 members (excludes halogenated alkanes) is 1. The van der Waals surface area contributed by atoms with Crippen LogP contribution in [-0.4, -0.2) is 57.9 Å². The van der Waals surface area contributed by atoms with Gasteiger partial charge in [-0.15, -0.1) is 0 Å². The predicted molar refractivity (Wildman–Crippen MR) is 134 cm³/mol. The summed E-state index contributed by atoms with van der Waals surface area (Å²) >= 11 is 0. The molecule has 1 aromatic carbocycles. The van der Waals surface area contributed by atoms with Gasteiger partial charge in [-0.25, -0.2) is 22.9 Å². The van der Waals surface area contributed by atoms with Crippen LogP contribution in [0.15, 0.2) is 29.2 Å². The lowest BCUT2D eigenvalue weighted by Gasteiger charge is -2.48. The first-order valence-electron chi connectivity index (χ1n) is 12.5. The largest absolute Gasteiger partial charge is 0.449 e. The van der Waals surface area contributed by atoms with Gasteiger partial charge in [0.25, 0.3) is 0 Å². The first-order valence-corrected chi connectivity index (χ1v) is 13.9. The zero-order chi connectivity index (χ0) is 24.7. The third-order valence-corrected chi connectivity index (χ3v) is 9.01. The average Bonchev–Trinajstić information content (AvgIpc) is 3.53. The van der Waals surface area contributed by atoms with Crippen molar-refractivity contribution in [3.05, 3.63) is 24.3 Å². The van der Waals surface area contributed by atoms with Gasteiger partial charge < -0.3 is 14.4 Å². The van der Waals surface area contributed by atoms with Gasteiger partial charge in [-0.2, -0.15) is 0 Å². The summed E-state index contributed by atoms with van der Waals surface area (Å²) in [6, 6.07) is 6.98. The minimum atomic E-state index is -3.72. The molecule has 1 saturated carbocycles. The van der Waals surface area contributed by atoms with Crippen molar-refractivity contribution in [2.75, 3.05) is 43.1 Å². The topological polar surface area (TPSA) is 110 Å². The highest BCUT2D eigenvalue weighted by atomic mass is 32.2. The molecule has 10 heteroatoms. The Kier molecular flexibility index (Phi) is 6.39. The Bertz CT molecular complexity index is 1210. The maximum absolute atomic E-state index is 13.3. The smallest absolute Gasteiger partial charge is 0.412 e. The van der Waals surface area contributed by atoms with Crippen molar-refractivity contribution in [1.82, 2.24) is 9.71 Å². The molecule has 0 radical (unpaired) electrons. The number of fused-ring (bicyclic) bond motifs is 1. The fourth-order valence-corrected chi connectivity index (χ4v) is 6.21. The molecule has 1 aromatic heterocycles. The monoisotopic (exact) mass is 502 g/mol. The Hall–Kier alpha value is -2.43. The van der Waals surface area contributed by atoms with Gasteiger partial charge in [0, 0.05) is 35.1 Å². The molecule has 2 aliphatic heterocycles. The van der Waals surface area contributed by atoms with Crippen LogP contribution in [-0.2, 0) is 19.5 Å². The van der Waals surface area contributed by atoms with Crippen molar-refractivity contribution in [2.45, 2.75) is 62.8 Å². The van der Waals surface area contributed by atoms with Crippen LogP contribution in [0.1, 0.15) is 52.4 Å². The summed E-state index contributed by atoms with van der Waals surface area (Å²) in [5.74, 6) is 0.325. The van der Waals surface area contributed by atoms with Crippen molar-refractivity contribution in [1.29, 1.82) is 0 Å². The number of nitrogens with zero attached hydrogens (tertiary/aromatic N) is 2. The minimum Gasteiger partial charge on any atom is -0.449 e. The zero-order valence-corrected chi connectivity index (χ0v) is 21.2. The molecule has 3 aliphatic rings. The fraction of sp³-hybridized carbons (Fsp3) is 0.600. The van der Waals surface area contributed by atoms with Crippen LogP contribution < -0.4 is 14.9 Å². The third-order valence-electron chi connectivity index (χ3n) is 7.39. The van der Waals surface area contributed by atoms with Gasteiger partial charge in [0.2, 0.25) is 10.0 Å². The molecule has 1 spiro atoms. The summed E-state index contributed by atoms with van der Waals surface area (Å²) in [5.41, 5.74) is 1.26. The van der Waals surface area contributed by atoms with E-state index in [1.54, 1.807) is 18.2 Å². The second-order valence-electron chi connectivity index (χ2n) is 10.5. The van der Waals surface area contributed by atoms with E-state index >= 15 is 0 Å². The van der Waals surface area contributed by atoms with E-state index in [9.17, 15) is 13.2 Å². The lowest BCUT2D eigenvalue weighted by Crippen LogP contribution is -2.51. The average molecular weight is 503 g/mol. The van der Waals surface area contributed by atoms with Crippen molar-refractivity contribution in [3.63, 3.8) is 0 Å². The van der Waals surface area contributed by atoms with Gasteiger partial charge in [0.1, 0.15) is 5.82 Å². The molecule has 190 valence electrons. The zero-order valence-electron chi connectivity index (χ0n) is 20.4. The molecule has 2 saturated heterocycles. The molecule has 35 heavy (non-hydrogen) atoms. The van der Waals surface area contributed by atoms with Crippen LogP contribution in [0, 0.1) is 5.41 Å². The number of benzene rings is 1. The minimum absolute atomic E-state index is 0.190. The van der Waals surface area contributed by atoms with Crippen LogP contribution in [0.2, 0.25) is 0 Å². The highest BCUT2D eigenvalue weighted by Crippen LogP contribution is 2.42. The number of sulfonamides is 1. The number of anilines is 2. The molecule has 9 nitrogen and oxygen atoms in total. The van der Waals surface area contributed by atoms with Crippen molar-refractivity contribution in [3.8, 4) is 0 Å². The molecule has 5 rings (SSSR count). The fourth-order valence-electron chi connectivity index (χ4n) is 4.70. The second-order valence-corrected chi connectivity index (χ2v) is 12.1. The Labute approximate surface area is 206 Å². The first-order chi connectivity index (χ1) is 16.7. The SMILES string of the molecule is CCCCOC(=O)Nc1ccc2c(N3CCC4(CC3)COC4)cc(S(=O)(=O)NC3(C)CC3)cc2n1. The molecular weight excluding hydrogens is 468 g/mol. The summed E-state index contributed by atoms with van der Waals surface area (Å²) < 4.78 is 40.0. The van der Waals surface area contributed by atoms with E-state index in [0.717, 1.165) is 75.9 Å². The maximum atomic E-state index is 13.3. The number of hydrogen-bond donors (Lipinski definition) is 2. The van der Waals surface area contributed by atoms with E-state index in [2.05, 4.69) is 19.9 Å². The second kappa shape index (κ2) is 9.22. The summed E-state index contributed by atoms with van der Waals surface area (Å²) in [7, 11) is -3.72. The van der Waals surface area contributed by atoms with Crippen molar-refractivity contribution >= 4 is 38.5 Å². The molecule has 0 atom stereocenters. The summed E-state index contributed by atoms with van der Waals surface area (Å²) in [4.78, 5) is 19.2. The third kappa shape index (κ3) is 5.24. The Balaban J connectivity index is 1.47. The van der Waals surface area contributed by atoms with Crippen LogP contribution in [0.3, 0.4) is 0 Å². The molecule has 1 amide bonds. The number of nitrogens with one attached hydrogen (secondary N) is 2. The van der Waals surface area contributed by atoms with Gasteiger partial charge in [0.05, 0.1) is 30.2 Å². The summed E-state index contributed by atoms with van der Waals surface area (Å²) in [6.07, 6.45) is 4.83. The van der Waals surface area contributed by atoms with Gasteiger partial charge in [0.15, 0.2) is 0 Å². The molecule has 0 unspecified atom stereocenters. The van der Waals surface area contributed by atoms with E-state index in [-0.39, 0.29) is 15.8 Å². The van der Waals surface area contributed by atoms with Gasteiger partial charge in [-0.1, -0.05) is 13.3 Å². The first kappa shape index (κ1) is 24.3. The molecule has 3 fully saturated rings. The number of carbonyl (C=O) groups excluding carboxylic acids is 1. The summed E-state index contributed by atoms with van der Waals surface area (Å²) in [5, 5.41) is 3.51. The number of pyridine rings is 1. The van der Waals surface area contributed by atoms with Gasteiger partial charge in [-0.3, -0.25) is 5.32 Å². The maximum Gasteiger partial charge on any atom is 0.412 e. The highest BCUT2D eigenvalue weighted by Gasteiger charge is 2.43. The van der Waals surface area contributed by atoms with Crippen LogP contribution >= 0.6 is 0 Å². The van der Waals surface area contributed by atoms with Gasteiger partial charge >= 0.3 is 6.09 Å². The molecular formula is C25H34N4O5S. The van der Waals surface area contributed by atoms with E-state index in [0.29, 0.717) is 17.9 Å². The number of aromatic nitrogens is 1. The molecule has 3 heterocycles. The Morgan fingerprint density at radius 3 is 2.54 bits per heavy atom. The normalized spacial score (nSPS) is 20.5. The molecule has 2 aromatic rings. The lowest BCUT2D eigenvalue weighted by atomic mass is 9.76. The number of piperidine rings is 1. The number of hydrogen-bond acceptors (Lipinski definition) is 7. The van der Waals surface area contributed by atoms with Crippen LogP contribution in [0.5, 0.6) is 0 Å². The van der Waals surface area contributed by atoms with Crippen molar-refractivity contribution < 1.29 is 22.7 Å². The standard InChI is InChI=1S/C25H34N4O5S/c1-3-4-13-34-23(30)27-22-6-5-19-20(26-22)14-18(35(31,32)28-24(2)7-8-24)15-21(19)29-11-9-25(10-12-29)16-33-17-25/h5-6,14-15,28H,3-4,7-13,16-17H2,1-2H3,(H,26,27,30). The Morgan fingerprint density at radius 1 is 1.17 bits per heavy atom. The van der Waals surface area contributed by atoms with Crippen molar-refractivity contribution in [2.24, 2.45) is 5.41 Å². The number of amides is 1. The summed E-state index contributed by atoms with van der Waals surface area (Å²) in [6.45, 7) is 7.56. The number of carbonyl (C=O) groups is 1. The van der Waals surface area contributed by atoms with E-state index in [1.165, 1.54) is 0 Å². The number of ether oxygens (including phenoxy) is 2. The van der Waals surface area contributed by atoms with E-state index < -0.39 is 16.1 Å². The molecule has 0 bridgehead atoms. The molecule has 2 N–H and O–H groups in total. The van der Waals surface area contributed by atoms with E-state index in [1.807, 2.05) is 19.9 Å². The quantitative estimate of drug-likeness (QED) is 0.525. The Morgan fingerprint density at radius 2 is 1.91 bits per heavy atom. The van der Waals surface area contributed by atoms with E-state index in [4.69, 9.17) is 9.47 Å². The number of rotatable bonds is 8. The predicted octanol–water partition coefficient (Wildman–Crippen LogP) is 4.03. The molecule has 1 aliphatic carbocycles.